The highest BCUT2D eigenvalue weighted by Gasteiger charge is 2.15. The van der Waals surface area contributed by atoms with Gasteiger partial charge in [-0.05, 0) is 44.2 Å². The second kappa shape index (κ2) is 7.85. The molecule has 0 aliphatic rings. The van der Waals surface area contributed by atoms with Crippen molar-refractivity contribution >= 4 is 17.3 Å². The van der Waals surface area contributed by atoms with E-state index >= 15 is 0 Å². The molecule has 0 heterocycles. The van der Waals surface area contributed by atoms with E-state index in [1.165, 1.54) is 0 Å². The van der Waals surface area contributed by atoms with Gasteiger partial charge in [0.15, 0.2) is 0 Å². The summed E-state index contributed by atoms with van der Waals surface area (Å²) >= 11 is 0. The van der Waals surface area contributed by atoms with E-state index < -0.39 is 6.04 Å². The summed E-state index contributed by atoms with van der Waals surface area (Å²) in [5.74, 6) is 0.521. The number of carbonyl (C=O) groups excluding carboxylic acids is 1. The van der Waals surface area contributed by atoms with Gasteiger partial charge in [0.25, 0.3) is 0 Å². The number of benzene rings is 2. The van der Waals surface area contributed by atoms with Crippen LogP contribution in [0.2, 0.25) is 0 Å². The molecule has 5 heteroatoms. The molecular formula is C18H19N3O2. The molecule has 0 spiro atoms. The Labute approximate surface area is 135 Å². The monoisotopic (exact) mass is 309 g/mol. The maximum Gasteiger partial charge on any atom is 0.246 e. The van der Waals surface area contributed by atoms with Gasteiger partial charge in [0.05, 0.1) is 23.9 Å². The Bertz CT molecular complexity index is 722. The number of rotatable bonds is 6. The first kappa shape index (κ1) is 16.4. The van der Waals surface area contributed by atoms with Crippen LogP contribution in [0.15, 0.2) is 48.5 Å². The molecule has 0 fully saturated rings. The highest BCUT2D eigenvalue weighted by atomic mass is 16.5. The molecule has 2 rings (SSSR count). The minimum atomic E-state index is -0.456. The molecule has 0 radical (unpaired) electrons. The summed E-state index contributed by atoms with van der Waals surface area (Å²) in [5, 5.41) is 14.8. The zero-order valence-corrected chi connectivity index (χ0v) is 13.2. The molecule has 0 aromatic heterocycles. The van der Waals surface area contributed by atoms with Gasteiger partial charge >= 0.3 is 0 Å². The molecule has 23 heavy (non-hydrogen) atoms. The second-order valence-electron chi connectivity index (χ2n) is 4.98. The lowest BCUT2D eigenvalue weighted by Gasteiger charge is -2.18. The maximum absolute atomic E-state index is 12.3. The van der Waals surface area contributed by atoms with Crippen LogP contribution in [0.1, 0.15) is 19.4 Å². The first-order valence-corrected chi connectivity index (χ1v) is 7.43. The molecule has 2 aromatic rings. The number of nitriles is 1. The van der Waals surface area contributed by atoms with E-state index in [4.69, 9.17) is 10.00 Å². The first-order valence-electron chi connectivity index (χ1n) is 7.43. The van der Waals surface area contributed by atoms with E-state index in [9.17, 15) is 4.79 Å². The summed E-state index contributed by atoms with van der Waals surface area (Å²) in [7, 11) is 0. The fourth-order valence-electron chi connectivity index (χ4n) is 2.08. The van der Waals surface area contributed by atoms with E-state index in [2.05, 4.69) is 10.6 Å². The van der Waals surface area contributed by atoms with Crippen LogP contribution in [0, 0.1) is 11.3 Å². The van der Waals surface area contributed by atoms with Gasteiger partial charge in [-0.3, -0.25) is 4.79 Å². The van der Waals surface area contributed by atoms with Crippen molar-refractivity contribution in [3.8, 4) is 11.8 Å². The van der Waals surface area contributed by atoms with Crippen LogP contribution >= 0.6 is 0 Å². The molecule has 118 valence electrons. The van der Waals surface area contributed by atoms with Gasteiger partial charge in [-0.1, -0.05) is 18.2 Å². The van der Waals surface area contributed by atoms with Crippen molar-refractivity contribution in [1.82, 2.24) is 0 Å². The summed E-state index contributed by atoms with van der Waals surface area (Å²) in [6, 6.07) is 15.9. The third-order valence-corrected chi connectivity index (χ3v) is 3.21. The fourth-order valence-corrected chi connectivity index (χ4v) is 2.08. The molecule has 0 aliphatic carbocycles. The van der Waals surface area contributed by atoms with E-state index in [1.807, 2.05) is 37.3 Å². The summed E-state index contributed by atoms with van der Waals surface area (Å²) in [5.41, 5.74) is 1.87. The zero-order valence-electron chi connectivity index (χ0n) is 13.2. The van der Waals surface area contributed by atoms with Gasteiger partial charge in [0.2, 0.25) is 5.91 Å². The number of nitrogens with one attached hydrogen (secondary N) is 2. The number of nitrogens with zero attached hydrogens (tertiary/aromatic N) is 1. The minimum absolute atomic E-state index is 0.189. The van der Waals surface area contributed by atoms with Crippen LogP contribution in [-0.2, 0) is 4.79 Å². The predicted molar refractivity (Wildman–Crippen MR) is 90.5 cm³/mol. The van der Waals surface area contributed by atoms with Crippen molar-refractivity contribution in [2.24, 2.45) is 0 Å². The van der Waals surface area contributed by atoms with Crippen LogP contribution in [0.5, 0.6) is 5.75 Å². The Morgan fingerprint density at radius 1 is 1.26 bits per heavy atom. The van der Waals surface area contributed by atoms with Crippen LogP contribution in [-0.4, -0.2) is 18.6 Å². The van der Waals surface area contributed by atoms with Crippen molar-refractivity contribution in [3.05, 3.63) is 54.1 Å². The Balaban J connectivity index is 2.04. The third-order valence-electron chi connectivity index (χ3n) is 3.21. The lowest BCUT2D eigenvalue weighted by molar-refractivity contribution is -0.116. The maximum atomic E-state index is 12.3. The number of ether oxygens (including phenoxy) is 1. The van der Waals surface area contributed by atoms with Crippen molar-refractivity contribution in [2.45, 2.75) is 19.9 Å². The second-order valence-corrected chi connectivity index (χ2v) is 4.98. The fraction of sp³-hybridized carbons (Fsp3) is 0.222. The zero-order chi connectivity index (χ0) is 16.7. The standard InChI is InChI=1S/C18H19N3O2/c1-3-23-17-10-5-4-9-16(17)20-13(2)18(22)21-15-8-6-7-14(11-15)12-19/h4-11,13,20H,3H2,1-2H3,(H,21,22)/t13-/m1/s1. The quantitative estimate of drug-likeness (QED) is 0.857. The average molecular weight is 309 g/mol. The summed E-state index contributed by atoms with van der Waals surface area (Å²) in [6.07, 6.45) is 0. The molecule has 5 nitrogen and oxygen atoms in total. The molecule has 0 saturated carbocycles. The molecule has 0 unspecified atom stereocenters. The first-order chi connectivity index (χ1) is 11.1. The lowest BCUT2D eigenvalue weighted by atomic mass is 10.2. The molecule has 1 amide bonds. The number of anilines is 2. The number of para-hydroxylation sites is 2. The Kier molecular flexibility index (Phi) is 5.59. The Morgan fingerprint density at radius 2 is 2.04 bits per heavy atom. The van der Waals surface area contributed by atoms with Crippen molar-refractivity contribution in [1.29, 1.82) is 5.26 Å². The third kappa shape index (κ3) is 4.48. The van der Waals surface area contributed by atoms with E-state index in [0.29, 0.717) is 23.6 Å². The van der Waals surface area contributed by atoms with E-state index in [-0.39, 0.29) is 5.91 Å². The van der Waals surface area contributed by atoms with Crippen molar-refractivity contribution < 1.29 is 9.53 Å². The molecule has 0 saturated heterocycles. The van der Waals surface area contributed by atoms with Crippen LogP contribution in [0.4, 0.5) is 11.4 Å². The normalized spacial score (nSPS) is 11.2. The SMILES string of the molecule is CCOc1ccccc1N[C@H](C)C(=O)Nc1cccc(C#N)c1. The summed E-state index contributed by atoms with van der Waals surface area (Å²) in [6.45, 7) is 4.24. The molecular weight excluding hydrogens is 290 g/mol. The van der Waals surface area contributed by atoms with Crippen LogP contribution in [0.25, 0.3) is 0 Å². The van der Waals surface area contributed by atoms with Gasteiger partial charge in [0.1, 0.15) is 11.8 Å². The number of carbonyl (C=O) groups is 1. The molecule has 2 aromatic carbocycles. The van der Waals surface area contributed by atoms with Crippen LogP contribution < -0.4 is 15.4 Å². The Morgan fingerprint density at radius 3 is 2.78 bits per heavy atom. The van der Waals surface area contributed by atoms with Gasteiger partial charge in [-0.2, -0.15) is 5.26 Å². The van der Waals surface area contributed by atoms with Gasteiger partial charge in [-0.25, -0.2) is 0 Å². The lowest BCUT2D eigenvalue weighted by Crippen LogP contribution is -2.32. The average Bonchev–Trinajstić information content (AvgIpc) is 2.57. The van der Waals surface area contributed by atoms with Gasteiger partial charge < -0.3 is 15.4 Å². The summed E-state index contributed by atoms with van der Waals surface area (Å²) in [4.78, 5) is 12.3. The molecule has 0 bridgehead atoms. The van der Waals surface area contributed by atoms with Gasteiger partial charge in [0, 0.05) is 5.69 Å². The van der Waals surface area contributed by atoms with Gasteiger partial charge in [-0.15, -0.1) is 0 Å². The van der Waals surface area contributed by atoms with Crippen molar-refractivity contribution in [3.63, 3.8) is 0 Å². The van der Waals surface area contributed by atoms with Crippen LogP contribution in [0.3, 0.4) is 0 Å². The minimum Gasteiger partial charge on any atom is -0.492 e. The highest BCUT2D eigenvalue weighted by molar-refractivity contribution is 5.96. The largest absolute Gasteiger partial charge is 0.492 e. The highest BCUT2D eigenvalue weighted by Crippen LogP contribution is 2.24. The van der Waals surface area contributed by atoms with E-state index in [1.54, 1.807) is 31.2 Å². The molecule has 2 N–H and O–H groups in total. The number of hydrogen-bond acceptors (Lipinski definition) is 4. The predicted octanol–water partition coefficient (Wildman–Crippen LogP) is 3.40. The topological polar surface area (TPSA) is 74.2 Å². The van der Waals surface area contributed by atoms with E-state index in [0.717, 1.165) is 5.69 Å². The molecule has 1 atom stereocenters. The number of amides is 1. The number of hydrogen-bond donors (Lipinski definition) is 2. The van der Waals surface area contributed by atoms with Crippen molar-refractivity contribution in [2.75, 3.05) is 17.2 Å². The molecule has 0 aliphatic heterocycles. The Hall–Kier alpha value is -3.00. The summed E-state index contributed by atoms with van der Waals surface area (Å²) < 4.78 is 5.54. The smallest absolute Gasteiger partial charge is 0.246 e.